The quantitative estimate of drug-likeness (QED) is 0.292. The molecule has 1 aliphatic rings. The largest absolute Gasteiger partial charge is 0.433 e. The summed E-state index contributed by atoms with van der Waals surface area (Å²) in [6.07, 6.45) is -4.17. The Morgan fingerprint density at radius 1 is 1.28 bits per heavy atom. The molecule has 0 saturated carbocycles. The minimum atomic E-state index is -4.78. The van der Waals surface area contributed by atoms with Crippen molar-refractivity contribution in [3.05, 3.63) is 57.1 Å². The number of hydrogen-bond donors (Lipinski definition) is 1. The number of halogens is 6. The first-order valence-electron chi connectivity index (χ1n) is 10.9. The topological polar surface area (TPSA) is 95.4 Å². The molecule has 1 aromatic heterocycles. The molecular weight excluding hydrogens is 549 g/mol. The number of carbonyl (C=O) groups excluding carboxylic acids is 1. The molecule has 3 rings (SSSR count). The summed E-state index contributed by atoms with van der Waals surface area (Å²) in [5.74, 6) is -2.29. The van der Waals surface area contributed by atoms with Crippen LogP contribution in [0.2, 0.25) is 0 Å². The van der Waals surface area contributed by atoms with E-state index in [2.05, 4.69) is 25.9 Å². The molecule has 2 heterocycles. The number of aliphatic imine (C=N–C) groups is 1. The van der Waals surface area contributed by atoms with Gasteiger partial charge < -0.3 is 10.6 Å². The van der Waals surface area contributed by atoms with Crippen molar-refractivity contribution in [1.82, 2.24) is 4.98 Å². The minimum Gasteiger partial charge on any atom is -0.383 e. The van der Waals surface area contributed by atoms with Crippen molar-refractivity contribution in [3.63, 3.8) is 0 Å². The molecule has 1 fully saturated rings. The third kappa shape index (κ3) is 5.83. The molecule has 1 amide bonds. The van der Waals surface area contributed by atoms with Crippen molar-refractivity contribution in [2.75, 3.05) is 11.4 Å². The van der Waals surface area contributed by atoms with Crippen LogP contribution in [0.3, 0.4) is 0 Å². The Bertz CT molecular complexity index is 1250. The zero-order chi connectivity index (χ0) is 27.0. The van der Waals surface area contributed by atoms with Crippen molar-refractivity contribution in [3.8, 4) is 6.07 Å². The van der Waals surface area contributed by atoms with Crippen molar-refractivity contribution >= 4 is 33.4 Å². The number of alkyl halides is 4. The molecule has 2 atom stereocenters. The molecule has 36 heavy (non-hydrogen) atoms. The van der Waals surface area contributed by atoms with Crippen LogP contribution in [-0.4, -0.2) is 29.3 Å². The molecular formula is C24H23BrF5N5O. The number of hydrogen-bond acceptors (Lipinski definition) is 4. The van der Waals surface area contributed by atoms with Gasteiger partial charge in [0.1, 0.15) is 34.6 Å². The average Bonchev–Trinajstić information content (AvgIpc) is 2.76. The number of carbonyl (C=O) groups is 1. The minimum absolute atomic E-state index is 0.103. The molecule has 1 aromatic carbocycles. The third-order valence-electron chi connectivity index (χ3n) is 5.94. The van der Waals surface area contributed by atoms with Gasteiger partial charge in [-0.3, -0.25) is 4.79 Å². The van der Waals surface area contributed by atoms with Gasteiger partial charge in [0.15, 0.2) is 0 Å². The first-order valence-corrected chi connectivity index (χ1v) is 11.7. The first-order chi connectivity index (χ1) is 16.6. The predicted molar refractivity (Wildman–Crippen MR) is 127 cm³/mol. The Morgan fingerprint density at radius 3 is 2.50 bits per heavy atom. The van der Waals surface area contributed by atoms with Gasteiger partial charge in [-0.15, -0.1) is 0 Å². The molecule has 2 N–H and O–H groups in total. The summed E-state index contributed by atoms with van der Waals surface area (Å²) in [7, 11) is 0. The SMILES string of the molecule is CC1CC(C(=O)N=C(N)c2ccc(C(F)(F)F)nc2C(C)(C)F)CCN1c1cc(Br)cc(F)c1C#N. The van der Waals surface area contributed by atoms with E-state index in [0.717, 1.165) is 19.9 Å². The second-order valence-corrected chi connectivity index (χ2v) is 9.97. The predicted octanol–water partition coefficient (Wildman–Crippen LogP) is 5.62. The zero-order valence-corrected chi connectivity index (χ0v) is 21.2. The van der Waals surface area contributed by atoms with Gasteiger partial charge in [-0.2, -0.15) is 23.4 Å². The van der Waals surface area contributed by atoms with Gasteiger partial charge >= 0.3 is 6.18 Å². The van der Waals surface area contributed by atoms with Crippen LogP contribution in [0.25, 0.3) is 0 Å². The number of benzene rings is 1. The molecule has 192 valence electrons. The number of amides is 1. The Labute approximate surface area is 213 Å². The van der Waals surface area contributed by atoms with Crippen molar-refractivity contribution in [2.24, 2.45) is 16.6 Å². The number of nitriles is 1. The van der Waals surface area contributed by atoms with Crippen molar-refractivity contribution in [2.45, 2.75) is 51.5 Å². The van der Waals surface area contributed by atoms with E-state index >= 15 is 0 Å². The van der Waals surface area contributed by atoms with Crippen LogP contribution in [0.5, 0.6) is 0 Å². The van der Waals surface area contributed by atoms with Crippen molar-refractivity contribution in [1.29, 1.82) is 5.26 Å². The Kier molecular flexibility index (Phi) is 7.74. The number of amidine groups is 1. The highest BCUT2D eigenvalue weighted by molar-refractivity contribution is 9.10. The maximum atomic E-state index is 14.7. The van der Waals surface area contributed by atoms with E-state index in [-0.39, 0.29) is 17.2 Å². The van der Waals surface area contributed by atoms with Gasteiger partial charge in [0, 0.05) is 28.5 Å². The van der Waals surface area contributed by atoms with Crippen LogP contribution < -0.4 is 10.6 Å². The summed E-state index contributed by atoms with van der Waals surface area (Å²) in [4.78, 5) is 22.0. The van der Waals surface area contributed by atoms with Crippen LogP contribution in [0, 0.1) is 23.1 Å². The summed E-state index contributed by atoms with van der Waals surface area (Å²) in [5.41, 5.74) is 1.89. The number of nitrogens with two attached hydrogens (primary N) is 1. The molecule has 1 saturated heterocycles. The fraction of sp³-hybridized carbons (Fsp3) is 0.417. The second-order valence-electron chi connectivity index (χ2n) is 9.06. The highest BCUT2D eigenvalue weighted by Crippen LogP contribution is 2.35. The summed E-state index contributed by atoms with van der Waals surface area (Å²) in [6, 6.07) is 6.04. The van der Waals surface area contributed by atoms with E-state index in [1.807, 2.05) is 17.9 Å². The normalized spacial score (nSPS) is 19.2. The number of aromatic nitrogens is 1. The van der Waals surface area contributed by atoms with E-state index in [1.165, 1.54) is 6.07 Å². The van der Waals surface area contributed by atoms with Crippen molar-refractivity contribution < 1.29 is 26.7 Å². The van der Waals surface area contributed by atoms with E-state index < -0.39 is 46.7 Å². The number of piperidine rings is 1. The van der Waals surface area contributed by atoms with Crippen LogP contribution in [0.4, 0.5) is 27.6 Å². The molecule has 2 unspecified atom stereocenters. The fourth-order valence-corrected chi connectivity index (χ4v) is 4.62. The molecule has 2 aromatic rings. The first kappa shape index (κ1) is 27.5. The fourth-order valence-electron chi connectivity index (χ4n) is 4.20. The lowest BCUT2D eigenvalue weighted by molar-refractivity contribution is -0.141. The van der Waals surface area contributed by atoms with E-state index in [0.29, 0.717) is 35.6 Å². The van der Waals surface area contributed by atoms with Gasteiger partial charge in [-0.05, 0) is 57.9 Å². The van der Waals surface area contributed by atoms with Gasteiger partial charge in [-0.25, -0.2) is 13.8 Å². The van der Waals surface area contributed by atoms with Gasteiger partial charge in [0.25, 0.3) is 5.91 Å². The maximum Gasteiger partial charge on any atom is 0.433 e. The second kappa shape index (κ2) is 10.1. The molecule has 1 aliphatic heterocycles. The van der Waals surface area contributed by atoms with E-state index in [4.69, 9.17) is 5.73 Å². The summed E-state index contributed by atoms with van der Waals surface area (Å²) in [6.45, 7) is 4.20. The number of rotatable bonds is 4. The van der Waals surface area contributed by atoms with E-state index in [1.54, 1.807) is 6.07 Å². The highest BCUT2D eigenvalue weighted by atomic mass is 79.9. The Balaban J connectivity index is 1.85. The van der Waals surface area contributed by atoms with Gasteiger partial charge in [0.05, 0.1) is 11.4 Å². The molecule has 0 bridgehead atoms. The number of nitrogens with zero attached hydrogens (tertiary/aromatic N) is 4. The monoisotopic (exact) mass is 571 g/mol. The number of pyridine rings is 1. The van der Waals surface area contributed by atoms with Crippen LogP contribution in [0.15, 0.2) is 33.7 Å². The molecule has 6 nitrogen and oxygen atoms in total. The lowest BCUT2D eigenvalue weighted by Crippen LogP contribution is -2.43. The number of anilines is 1. The summed E-state index contributed by atoms with van der Waals surface area (Å²) < 4.78 is 68.6. The van der Waals surface area contributed by atoms with Crippen LogP contribution >= 0.6 is 15.9 Å². The standard InChI is InChI=1S/C24H23BrF5N5O/c1-12-8-13(6-7-35(12)18-10-14(25)9-17(26)16(18)11-31)22(36)34-21(32)15-4-5-19(24(28,29)30)33-20(15)23(2,3)27/h4-5,9-10,12-13H,6-8H2,1-3H3,(H2,32,34,36). The van der Waals surface area contributed by atoms with Crippen LogP contribution in [0.1, 0.15) is 56.1 Å². The molecule has 12 heteroatoms. The van der Waals surface area contributed by atoms with E-state index in [9.17, 15) is 32.0 Å². The lowest BCUT2D eigenvalue weighted by atomic mass is 9.90. The third-order valence-corrected chi connectivity index (χ3v) is 6.39. The summed E-state index contributed by atoms with van der Waals surface area (Å²) >= 11 is 3.23. The Hall–Kier alpha value is -3.07. The Morgan fingerprint density at radius 2 is 1.94 bits per heavy atom. The zero-order valence-electron chi connectivity index (χ0n) is 19.6. The smallest absolute Gasteiger partial charge is 0.383 e. The van der Waals surface area contributed by atoms with Crippen LogP contribution in [-0.2, 0) is 16.6 Å². The molecule has 0 radical (unpaired) electrons. The molecule has 0 aliphatic carbocycles. The summed E-state index contributed by atoms with van der Waals surface area (Å²) in [5, 5.41) is 9.38. The highest BCUT2D eigenvalue weighted by Gasteiger charge is 2.36. The van der Waals surface area contributed by atoms with Gasteiger partial charge in [-0.1, -0.05) is 15.9 Å². The maximum absolute atomic E-state index is 14.7. The van der Waals surface area contributed by atoms with Gasteiger partial charge in [0.2, 0.25) is 0 Å². The average molecular weight is 572 g/mol. The lowest BCUT2D eigenvalue weighted by Gasteiger charge is -2.38. The molecule has 0 spiro atoms.